The van der Waals surface area contributed by atoms with Crippen LogP contribution in [0.3, 0.4) is 0 Å². The van der Waals surface area contributed by atoms with Gasteiger partial charge in [-0.1, -0.05) is 23.7 Å². The molecular formula is C12H11ClF2N2O. The Labute approximate surface area is 108 Å². The number of aromatic nitrogens is 2. The van der Waals surface area contributed by atoms with Gasteiger partial charge in [0.1, 0.15) is 6.10 Å². The van der Waals surface area contributed by atoms with Crippen LogP contribution in [0.4, 0.5) is 8.78 Å². The lowest BCUT2D eigenvalue weighted by molar-refractivity contribution is 0.201. The Morgan fingerprint density at radius 1 is 1.44 bits per heavy atom. The zero-order chi connectivity index (χ0) is 13.3. The summed E-state index contributed by atoms with van der Waals surface area (Å²) in [5, 5.41) is 14.3. The minimum absolute atomic E-state index is 0.160. The molecule has 1 unspecified atom stereocenters. The summed E-state index contributed by atoms with van der Waals surface area (Å²) in [5.74, 6) is -2.09. The molecule has 0 fully saturated rings. The number of benzene rings is 1. The molecule has 2 aromatic rings. The normalized spacial score (nSPS) is 12.7. The molecule has 0 spiro atoms. The van der Waals surface area contributed by atoms with Crippen LogP contribution in [0.15, 0.2) is 24.4 Å². The summed E-state index contributed by atoms with van der Waals surface area (Å²) in [6.07, 6.45) is 0.0107. The van der Waals surface area contributed by atoms with E-state index in [4.69, 9.17) is 11.6 Å². The summed E-state index contributed by atoms with van der Waals surface area (Å²) in [6, 6.07) is 3.63. The summed E-state index contributed by atoms with van der Waals surface area (Å²) < 4.78 is 28.2. The number of aliphatic hydroxyl groups is 1. The average Bonchev–Trinajstić information content (AvgIpc) is 2.73. The van der Waals surface area contributed by atoms with E-state index in [-0.39, 0.29) is 16.3 Å². The molecule has 0 radical (unpaired) electrons. The van der Waals surface area contributed by atoms with Crippen molar-refractivity contribution in [3.63, 3.8) is 0 Å². The second kappa shape index (κ2) is 5.04. The van der Waals surface area contributed by atoms with E-state index < -0.39 is 17.7 Å². The molecule has 6 heteroatoms. The zero-order valence-corrected chi connectivity index (χ0v) is 10.3. The van der Waals surface area contributed by atoms with E-state index in [0.717, 1.165) is 6.07 Å². The first-order valence-corrected chi connectivity index (χ1v) is 5.77. The molecule has 1 atom stereocenters. The van der Waals surface area contributed by atoms with Crippen LogP contribution < -0.4 is 0 Å². The molecule has 3 nitrogen and oxygen atoms in total. The highest BCUT2D eigenvalue weighted by atomic mass is 35.5. The molecule has 1 aromatic heterocycles. The van der Waals surface area contributed by atoms with Crippen molar-refractivity contribution in [3.05, 3.63) is 52.3 Å². The predicted molar refractivity (Wildman–Crippen MR) is 63.3 cm³/mol. The number of hydrogen-bond donors (Lipinski definition) is 1. The number of aliphatic hydroxyl groups excluding tert-OH is 1. The van der Waals surface area contributed by atoms with Crippen molar-refractivity contribution in [1.82, 2.24) is 9.78 Å². The molecule has 1 N–H and O–H groups in total. The summed E-state index contributed by atoms with van der Waals surface area (Å²) >= 11 is 5.90. The van der Waals surface area contributed by atoms with E-state index in [1.54, 1.807) is 0 Å². The van der Waals surface area contributed by atoms with Crippen molar-refractivity contribution in [2.24, 2.45) is 0 Å². The summed E-state index contributed by atoms with van der Waals surface area (Å²) in [6.45, 7) is 2.28. The van der Waals surface area contributed by atoms with Gasteiger partial charge in [0.05, 0.1) is 16.9 Å². The van der Waals surface area contributed by atoms with Crippen molar-refractivity contribution < 1.29 is 13.9 Å². The molecular weight excluding hydrogens is 262 g/mol. The number of rotatable bonds is 3. The van der Waals surface area contributed by atoms with Crippen molar-refractivity contribution in [1.29, 1.82) is 0 Å². The van der Waals surface area contributed by atoms with Gasteiger partial charge in [-0.2, -0.15) is 5.10 Å². The van der Waals surface area contributed by atoms with Crippen molar-refractivity contribution >= 4 is 11.6 Å². The average molecular weight is 273 g/mol. The van der Waals surface area contributed by atoms with Gasteiger partial charge < -0.3 is 5.11 Å². The first-order valence-electron chi connectivity index (χ1n) is 5.39. The Bertz CT molecular complexity index is 571. The first-order chi connectivity index (χ1) is 8.56. The Hall–Kier alpha value is -1.46. The fourth-order valence-electron chi connectivity index (χ4n) is 1.77. The third-order valence-corrected chi connectivity index (χ3v) is 2.96. The molecule has 0 aliphatic heterocycles. The highest BCUT2D eigenvalue weighted by Gasteiger charge is 2.23. The van der Waals surface area contributed by atoms with Crippen LogP contribution in [0, 0.1) is 11.6 Å². The smallest absolute Gasteiger partial charge is 0.165 e. The largest absolute Gasteiger partial charge is 0.382 e. The number of aryl methyl sites for hydroxylation is 1. The Kier molecular flexibility index (Phi) is 3.63. The van der Waals surface area contributed by atoms with E-state index in [2.05, 4.69) is 5.10 Å². The molecule has 0 saturated carbocycles. The lowest BCUT2D eigenvalue weighted by atomic mass is 10.1. The maximum absolute atomic E-state index is 13.6. The molecule has 0 aliphatic rings. The van der Waals surface area contributed by atoms with Crippen LogP contribution in [-0.2, 0) is 6.54 Å². The number of hydrogen-bond acceptors (Lipinski definition) is 2. The maximum atomic E-state index is 13.6. The SMILES string of the molecule is CCn1ncc(Cl)c1C(O)c1cccc(F)c1F. The van der Waals surface area contributed by atoms with Gasteiger partial charge in [-0.05, 0) is 13.0 Å². The number of halogens is 3. The lowest BCUT2D eigenvalue weighted by Crippen LogP contribution is -2.11. The van der Waals surface area contributed by atoms with E-state index in [0.29, 0.717) is 6.54 Å². The topological polar surface area (TPSA) is 38.0 Å². The van der Waals surface area contributed by atoms with Crippen LogP contribution in [0.5, 0.6) is 0 Å². The second-order valence-corrected chi connectivity index (χ2v) is 4.15. The van der Waals surface area contributed by atoms with E-state index in [1.807, 2.05) is 6.92 Å². The van der Waals surface area contributed by atoms with E-state index in [9.17, 15) is 13.9 Å². The van der Waals surface area contributed by atoms with Gasteiger partial charge in [0.15, 0.2) is 11.6 Å². The van der Waals surface area contributed by atoms with E-state index in [1.165, 1.54) is 23.0 Å². The highest BCUT2D eigenvalue weighted by molar-refractivity contribution is 6.31. The third-order valence-electron chi connectivity index (χ3n) is 2.67. The van der Waals surface area contributed by atoms with Gasteiger partial charge in [-0.3, -0.25) is 4.68 Å². The highest BCUT2D eigenvalue weighted by Crippen LogP contribution is 2.30. The van der Waals surface area contributed by atoms with Gasteiger partial charge in [-0.25, -0.2) is 8.78 Å². The molecule has 96 valence electrons. The van der Waals surface area contributed by atoms with Gasteiger partial charge in [0, 0.05) is 12.1 Å². The van der Waals surface area contributed by atoms with Crippen molar-refractivity contribution in [2.75, 3.05) is 0 Å². The monoisotopic (exact) mass is 272 g/mol. The fourth-order valence-corrected chi connectivity index (χ4v) is 2.02. The molecule has 18 heavy (non-hydrogen) atoms. The van der Waals surface area contributed by atoms with Crippen LogP contribution in [-0.4, -0.2) is 14.9 Å². The Morgan fingerprint density at radius 2 is 2.17 bits per heavy atom. The Morgan fingerprint density at radius 3 is 2.83 bits per heavy atom. The van der Waals surface area contributed by atoms with Crippen LogP contribution in [0.25, 0.3) is 0 Å². The maximum Gasteiger partial charge on any atom is 0.165 e. The minimum atomic E-state index is -1.35. The van der Waals surface area contributed by atoms with Crippen LogP contribution in [0.2, 0.25) is 5.02 Å². The van der Waals surface area contributed by atoms with Crippen molar-refractivity contribution in [2.45, 2.75) is 19.6 Å². The molecule has 0 bridgehead atoms. The predicted octanol–water partition coefficient (Wildman–Crippen LogP) is 2.92. The second-order valence-electron chi connectivity index (χ2n) is 3.74. The molecule has 0 aliphatic carbocycles. The van der Waals surface area contributed by atoms with Crippen molar-refractivity contribution in [3.8, 4) is 0 Å². The standard InChI is InChI=1S/C12H11ClF2N2O/c1-2-17-11(8(13)6-16-17)12(18)7-4-3-5-9(14)10(7)15/h3-6,12,18H,2H2,1H3. The summed E-state index contributed by atoms with van der Waals surface area (Å²) in [7, 11) is 0. The molecule has 1 aromatic carbocycles. The van der Waals surface area contributed by atoms with Gasteiger partial charge >= 0.3 is 0 Å². The fraction of sp³-hybridized carbons (Fsp3) is 0.250. The van der Waals surface area contributed by atoms with Crippen LogP contribution in [0.1, 0.15) is 24.3 Å². The van der Waals surface area contributed by atoms with Crippen LogP contribution >= 0.6 is 11.6 Å². The first kappa shape index (κ1) is 13.0. The summed E-state index contributed by atoms with van der Waals surface area (Å²) in [4.78, 5) is 0. The Balaban J connectivity index is 2.51. The lowest BCUT2D eigenvalue weighted by Gasteiger charge is -2.14. The minimum Gasteiger partial charge on any atom is -0.382 e. The quantitative estimate of drug-likeness (QED) is 0.933. The zero-order valence-electron chi connectivity index (χ0n) is 9.57. The van der Waals surface area contributed by atoms with Gasteiger partial charge in [0.25, 0.3) is 0 Å². The number of nitrogens with zero attached hydrogens (tertiary/aromatic N) is 2. The summed E-state index contributed by atoms with van der Waals surface area (Å²) in [5.41, 5.74) is 0.0933. The molecule has 0 saturated heterocycles. The molecule has 0 amide bonds. The molecule has 1 heterocycles. The van der Waals surface area contributed by atoms with Gasteiger partial charge in [-0.15, -0.1) is 0 Å². The molecule has 2 rings (SSSR count). The van der Waals surface area contributed by atoms with Gasteiger partial charge in [0.2, 0.25) is 0 Å². The third kappa shape index (κ3) is 2.11. The van der Waals surface area contributed by atoms with E-state index >= 15 is 0 Å².